The molecule has 1 atom stereocenters. The molecule has 120 valence electrons. The van der Waals surface area contributed by atoms with E-state index in [4.69, 9.17) is 16.3 Å². The summed E-state index contributed by atoms with van der Waals surface area (Å²) in [5.74, 6) is -0.708. The summed E-state index contributed by atoms with van der Waals surface area (Å²) in [5, 5.41) is 3.31. The predicted molar refractivity (Wildman–Crippen MR) is 89.2 cm³/mol. The molecule has 5 heteroatoms. The Labute approximate surface area is 140 Å². The van der Waals surface area contributed by atoms with Gasteiger partial charge >= 0.3 is 5.97 Å². The van der Waals surface area contributed by atoms with Crippen LogP contribution in [0.1, 0.15) is 11.1 Å². The Morgan fingerprint density at radius 2 is 1.78 bits per heavy atom. The minimum atomic E-state index is -0.741. The van der Waals surface area contributed by atoms with E-state index >= 15 is 0 Å². The zero-order chi connectivity index (χ0) is 16.7. The number of methoxy groups -OCH3 is 1. The van der Waals surface area contributed by atoms with Crippen molar-refractivity contribution in [3.8, 4) is 0 Å². The molecule has 0 aromatic heterocycles. The highest BCUT2D eigenvalue weighted by molar-refractivity contribution is 6.30. The molecular formula is C18H18ClNO3. The molecule has 0 bridgehead atoms. The summed E-state index contributed by atoms with van der Waals surface area (Å²) in [6, 6.07) is 15.8. The Balaban J connectivity index is 2.03. The van der Waals surface area contributed by atoms with Crippen LogP contribution in [0.25, 0.3) is 0 Å². The van der Waals surface area contributed by atoms with E-state index < -0.39 is 12.0 Å². The lowest BCUT2D eigenvalue weighted by molar-refractivity contribution is -0.145. The molecule has 0 aliphatic rings. The Hall–Kier alpha value is -2.33. The van der Waals surface area contributed by atoms with E-state index in [1.807, 2.05) is 36.4 Å². The molecule has 0 saturated carbocycles. The van der Waals surface area contributed by atoms with Crippen molar-refractivity contribution in [1.29, 1.82) is 0 Å². The molecule has 0 spiro atoms. The van der Waals surface area contributed by atoms with E-state index in [1.165, 1.54) is 7.11 Å². The largest absolute Gasteiger partial charge is 0.467 e. The second-order valence-electron chi connectivity index (χ2n) is 5.14. The number of hydrogen-bond acceptors (Lipinski definition) is 3. The molecule has 0 fully saturated rings. The Morgan fingerprint density at radius 1 is 1.09 bits per heavy atom. The number of halogens is 1. The number of rotatable bonds is 6. The van der Waals surface area contributed by atoms with Gasteiger partial charge in [0.25, 0.3) is 0 Å². The number of benzene rings is 2. The van der Waals surface area contributed by atoms with Crippen LogP contribution in [0.4, 0.5) is 0 Å². The highest BCUT2D eigenvalue weighted by Gasteiger charge is 2.22. The first-order valence-corrected chi connectivity index (χ1v) is 7.62. The van der Waals surface area contributed by atoms with Crippen LogP contribution in [0.5, 0.6) is 0 Å². The van der Waals surface area contributed by atoms with Crippen molar-refractivity contribution in [3.05, 3.63) is 70.7 Å². The molecule has 2 rings (SSSR count). The summed E-state index contributed by atoms with van der Waals surface area (Å²) in [4.78, 5) is 24.1. The zero-order valence-corrected chi connectivity index (χ0v) is 13.5. The van der Waals surface area contributed by atoms with Gasteiger partial charge in [0, 0.05) is 11.4 Å². The minimum absolute atomic E-state index is 0.212. The number of ether oxygens (including phenoxy) is 1. The smallest absolute Gasteiger partial charge is 0.328 e. The molecule has 4 nitrogen and oxygen atoms in total. The van der Waals surface area contributed by atoms with Crippen LogP contribution < -0.4 is 5.32 Å². The Kier molecular flexibility index (Phi) is 6.18. The maximum atomic E-state index is 12.2. The third kappa shape index (κ3) is 5.42. The van der Waals surface area contributed by atoms with Crippen LogP contribution in [-0.4, -0.2) is 25.0 Å². The molecule has 0 aliphatic heterocycles. The van der Waals surface area contributed by atoms with Gasteiger partial charge in [-0.25, -0.2) is 4.79 Å². The lowest BCUT2D eigenvalue weighted by Gasteiger charge is -2.17. The van der Waals surface area contributed by atoms with Crippen LogP contribution in [0.15, 0.2) is 54.6 Å². The monoisotopic (exact) mass is 331 g/mol. The summed E-state index contributed by atoms with van der Waals surface area (Å²) < 4.78 is 4.78. The van der Waals surface area contributed by atoms with Crippen LogP contribution in [0.3, 0.4) is 0 Å². The van der Waals surface area contributed by atoms with Crippen LogP contribution >= 0.6 is 11.6 Å². The van der Waals surface area contributed by atoms with E-state index in [0.29, 0.717) is 11.4 Å². The highest BCUT2D eigenvalue weighted by Crippen LogP contribution is 2.13. The molecular weight excluding hydrogens is 314 g/mol. The van der Waals surface area contributed by atoms with E-state index in [1.54, 1.807) is 18.2 Å². The predicted octanol–water partition coefficient (Wildman–Crippen LogP) is 2.78. The Morgan fingerprint density at radius 3 is 2.43 bits per heavy atom. The molecule has 1 amide bonds. The first-order chi connectivity index (χ1) is 11.1. The minimum Gasteiger partial charge on any atom is -0.467 e. The lowest BCUT2D eigenvalue weighted by Crippen LogP contribution is -2.43. The van der Waals surface area contributed by atoms with Gasteiger partial charge in [-0.05, 0) is 23.3 Å². The average Bonchev–Trinajstić information content (AvgIpc) is 2.54. The molecule has 0 unspecified atom stereocenters. The molecule has 2 aromatic rings. The molecule has 1 N–H and O–H groups in total. The fraction of sp³-hybridized carbons (Fsp3) is 0.222. The fourth-order valence-corrected chi connectivity index (χ4v) is 2.47. The molecule has 0 heterocycles. The highest BCUT2D eigenvalue weighted by atomic mass is 35.5. The van der Waals surface area contributed by atoms with Crippen LogP contribution in [-0.2, 0) is 27.2 Å². The number of nitrogens with one attached hydrogen (secondary N) is 1. The Bertz CT molecular complexity index is 673. The average molecular weight is 332 g/mol. The third-order valence-corrected chi connectivity index (χ3v) is 3.59. The van der Waals surface area contributed by atoms with Gasteiger partial charge in [-0.15, -0.1) is 0 Å². The standard InChI is InChI=1S/C18H18ClNO3/c1-23-18(22)16(11-14-8-5-9-15(19)10-14)20-17(21)12-13-6-3-2-4-7-13/h2-10,16H,11-12H2,1H3,(H,20,21)/t16-/m0/s1. The van der Waals surface area contributed by atoms with E-state index in [2.05, 4.69) is 5.32 Å². The SMILES string of the molecule is COC(=O)[C@H](Cc1cccc(Cl)c1)NC(=O)Cc1ccccc1. The van der Waals surface area contributed by atoms with Gasteiger partial charge in [-0.3, -0.25) is 4.79 Å². The molecule has 0 radical (unpaired) electrons. The maximum Gasteiger partial charge on any atom is 0.328 e. The van der Waals surface area contributed by atoms with E-state index in [9.17, 15) is 9.59 Å². The van der Waals surface area contributed by atoms with Crippen molar-refractivity contribution in [2.24, 2.45) is 0 Å². The zero-order valence-electron chi connectivity index (χ0n) is 12.8. The molecule has 2 aromatic carbocycles. The summed E-state index contributed by atoms with van der Waals surface area (Å²) in [7, 11) is 1.30. The fourth-order valence-electron chi connectivity index (χ4n) is 2.26. The van der Waals surface area contributed by atoms with Gasteiger partial charge in [0.05, 0.1) is 13.5 Å². The van der Waals surface area contributed by atoms with Crippen molar-refractivity contribution in [1.82, 2.24) is 5.32 Å². The van der Waals surface area contributed by atoms with Crippen molar-refractivity contribution in [3.63, 3.8) is 0 Å². The molecule has 0 saturated heterocycles. The second-order valence-corrected chi connectivity index (χ2v) is 5.58. The van der Waals surface area contributed by atoms with Crippen LogP contribution in [0, 0.1) is 0 Å². The third-order valence-electron chi connectivity index (χ3n) is 3.36. The number of carbonyl (C=O) groups excluding carboxylic acids is 2. The van der Waals surface area contributed by atoms with Gasteiger partial charge < -0.3 is 10.1 Å². The van der Waals surface area contributed by atoms with Gasteiger partial charge in [0.2, 0.25) is 5.91 Å². The van der Waals surface area contributed by atoms with E-state index in [-0.39, 0.29) is 12.3 Å². The first-order valence-electron chi connectivity index (χ1n) is 7.24. The quantitative estimate of drug-likeness (QED) is 0.828. The van der Waals surface area contributed by atoms with E-state index in [0.717, 1.165) is 11.1 Å². The van der Waals surface area contributed by atoms with Gasteiger partial charge in [-0.1, -0.05) is 54.1 Å². The number of carbonyl (C=O) groups is 2. The van der Waals surface area contributed by atoms with Gasteiger partial charge in [0.15, 0.2) is 0 Å². The van der Waals surface area contributed by atoms with Crippen molar-refractivity contribution < 1.29 is 14.3 Å². The van der Waals surface area contributed by atoms with Crippen molar-refractivity contribution in [2.45, 2.75) is 18.9 Å². The maximum absolute atomic E-state index is 12.2. The normalized spacial score (nSPS) is 11.6. The molecule has 0 aliphatic carbocycles. The number of esters is 1. The summed E-state index contributed by atoms with van der Waals surface area (Å²) >= 11 is 5.95. The second kappa shape index (κ2) is 8.34. The molecule has 23 heavy (non-hydrogen) atoms. The number of hydrogen-bond donors (Lipinski definition) is 1. The topological polar surface area (TPSA) is 55.4 Å². The van der Waals surface area contributed by atoms with Gasteiger partial charge in [0.1, 0.15) is 6.04 Å². The van der Waals surface area contributed by atoms with Crippen LogP contribution in [0.2, 0.25) is 5.02 Å². The summed E-state index contributed by atoms with van der Waals surface area (Å²) in [6.45, 7) is 0. The van der Waals surface area contributed by atoms with Gasteiger partial charge in [-0.2, -0.15) is 0 Å². The summed E-state index contributed by atoms with van der Waals surface area (Å²) in [5.41, 5.74) is 1.74. The number of amides is 1. The lowest BCUT2D eigenvalue weighted by atomic mass is 10.1. The van der Waals surface area contributed by atoms with Crippen molar-refractivity contribution in [2.75, 3.05) is 7.11 Å². The van der Waals surface area contributed by atoms with Crippen molar-refractivity contribution >= 4 is 23.5 Å². The first kappa shape index (κ1) is 17.0. The summed E-state index contributed by atoms with van der Waals surface area (Å²) in [6.07, 6.45) is 0.539.